The lowest BCUT2D eigenvalue weighted by molar-refractivity contribution is -0.131. The highest BCUT2D eigenvalue weighted by Gasteiger charge is 2.32. The Morgan fingerprint density at radius 3 is 2.56 bits per heavy atom. The lowest BCUT2D eigenvalue weighted by Gasteiger charge is -2.22. The minimum Gasteiger partial charge on any atom is -0.340 e. The van der Waals surface area contributed by atoms with Crippen LogP contribution in [0, 0.1) is 13.8 Å². The second-order valence-electron chi connectivity index (χ2n) is 7.96. The number of nitrogens with zero attached hydrogens (tertiary/aromatic N) is 6. The number of hydrogen-bond donors (Lipinski definition) is 0. The first-order valence-electron chi connectivity index (χ1n) is 10.4. The van der Waals surface area contributed by atoms with Gasteiger partial charge >= 0.3 is 0 Å². The summed E-state index contributed by atoms with van der Waals surface area (Å²) in [6.45, 7) is 4.46. The molecule has 32 heavy (non-hydrogen) atoms. The molecule has 2 aromatic heterocycles. The van der Waals surface area contributed by atoms with E-state index in [4.69, 9.17) is 0 Å². The zero-order valence-corrected chi connectivity index (χ0v) is 19.2. The van der Waals surface area contributed by atoms with Crippen molar-refractivity contribution < 1.29 is 13.2 Å². The van der Waals surface area contributed by atoms with Crippen LogP contribution in [0.4, 0.5) is 0 Å². The Hall–Kier alpha value is -3.05. The number of aromatic nitrogens is 4. The van der Waals surface area contributed by atoms with E-state index in [9.17, 15) is 18.0 Å². The summed E-state index contributed by atoms with van der Waals surface area (Å²) >= 11 is 0. The fraction of sp³-hybridized carbons (Fsp3) is 0.429. The molecule has 0 bridgehead atoms. The molecule has 4 rings (SSSR count). The Morgan fingerprint density at radius 2 is 1.84 bits per heavy atom. The summed E-state index contributed by atoms with van der Waals surface area (Å²) in [5, 5.41) is 4.68. The minimum atomic E-state index is -3.72. The monoisotopic (exact) mass is 458 g/mol. The van der Waals surface area contributed by atoms with Gasteiger partial charge in [0, 0.05) is 33.2 Å². The zero-order chi connectivity index (χ0) is 23.0. The summed E-state index contributed by atoms with van der Waals surface area (Å²) in [4.78, 5) is 31.7. The number of aryl methyl sites for hydroxylation is 2. The van der Waals surface area contributed by atoms with Crippen LogP contribution in [0.25, 0.3) is 10.9 Å². The molecular weight excluding hydrogens is 432 g/mol. The van der Waals surface area contributed by atoms with Crippen molar-refractivity contribution in [2.24, 2.45) is 7.05 Å². The van der Waals surface area contributed by atoms with E-state index in [2.05, 4.69) is 10.1 Å². The second-order valence-corrected chi connectivity index (χ2v) is 9.83. The second kappa shape index (κ2) is 8.47. The molecule has 0 spiro atoms. The van der Waals surface area contributed by atoms with E-state index < -0.39 is 10.0 Å². The van der Waals surface area contributed by atoms with Crippen LogP contribution in [0.3, 0.4) is 0 Å². The average molecular weight is 459 g/mol. The molecule has 11 heteroatoms. The fourth-order valence-corrected chi connectivity index (χ4v) is 5.97. The van der Waals surface area contributed by atoms with Gasteiger partial charge in [0.25, 0.3) is 5.56 Å². The number of carbonyl (C=O) groups is 1. The fourth-order valence-electron chi connectivity index (χ4n) is 4.10. The molecule has 1 aliphatic heterocycles. The highest BCUT2D eigenvalue weighted by molar-refractivity contribution is 7.89. The summed E-state index contributed by atoms with van der Waals surface area (Å²) in [5.74, 6) is -0.239. The number of amides is 1. The normalized spacial score (nSPS) is 15.8. The lowest BCUT2D eigenvalue weighted by Crippen LogP contribution is -2.40. The van der Waals surface area contributed by atoms with Crippen molar-refractivity contribution >= 4 is 26.8 Å². The Morgan fingerprint density at radius 1 is 1.09 bits per heavy atom. The Labute approximate surface area is 186 Å². The maximum absolute atomic E-state index is 13.2. The SMILES string of the molecule is Cc1nn(C)c(C)c1S(=O)(=O)N1CCCN(C(=O)Cn2cnc3ccccc3c2=O)CC1. The molecular formula is C21H26N6O4S. The molecule has 1 aliphatic rings. The van der Waals surface area contributed by atoms with Crippen molar-refractivity contribution in [2.75, 3.05) is 26.2 Å². The van der Waals surface area contributed by atoms with Crippen LogP contribution in [0.15, 0.2) is 40.3 Å². The summed E-state index contributed by atoms with van der Waals surface area (Å²) in [6, 6.07) is 6.99. The third kappa shape index (κ3) is 3.93. The number of rotatable bonds is 4. The van der Waals surface area contributed by atoms with Gasteiger partial charge in [-0.2, -0.15) is 9.40 Å². The van der Waals surface area contributed by atoms with Crippen molar-refractivity contribution in [3.63, 3.8) is 0 Å². The summed E-state index contributed by atoms with van der Waals surface area (Å²) in [5.41, 5.74) is 1.36. The third-order valence-electron chi connectivity index (χ3n) is 5.89. The molecule has 0 atom stereocenters. The van der Waals surface area contributed by atoms with Crippen LogP contribution >= 0.6 is 0 Å². The highest BCUT2D eigenvalue weighted by atomic mass is 32.2. The molecule has 1 aromatic carbocycles. The number of benzene rings is 1. The molecule has 0 N–H and O–H groups in total. The van der Waals surface area contributed by atoms with E-state index in [0.29, 0.717) is 41.8 Å². The molecule has 0 unspecified atom stereocenters. The Kier molecular flexibility index (Phi) is 5.87. The molecule has 0 aliphatic carbocycles. The van der Waals surface area contributed by atoms with E-state index in [0.717, 1.165) is 0 Å². The van der Waals surface area contributed by atoms with Gasteiger partial charge < -0.3 is 4.90 Å². The molecule has 3 aromatic rings. The van der Waals surface area contributed by atoms with Gasteiger partial charge in [-0.3, -0.25) is 18.8 Å². The van der Waals surface area contributed by atoms with Crippen molar-refractivity contribution in [3.05, 3.63) is 52.3 Å². The maximum atomic E-state index is 13.2. The van der Waals surface area contributed by atoms with E-state index in [1.165, 1.54) is 15.2 Å². The van der Waals surface area contributed by atoms with Gasteiger partial charge in [0.2, 0.25) is 15.9 Å². The van der Waals surface area contributed by atoms with Crippen LogP contribution in [0.1, 0.15) is 17.8 Å². The smallest absolute Gasteiger partial charge is 0.261 e. The topological polar surface area (TPSA) is 110 Å². The first kappa shape index (κ1) is 22.2. The van der Waals surface area contributed by atoms with Crippen LogP contribution in [-0.4, -0.2) is 69.0 Å². The van der Waals surface area contributed by atoms with Gasteiger partial charge in [-0.15, -0.1) is 0 Å². The summed E-state index contributed by atoms with van der Waals surface area (Å²) in [6.07, 6.45) is 1.89. The van der Waals surface area contributed by atoms with Crippen LogP contribution < -0.4 is 5.56 Å². The molecule has 3 heterocycles. The summed E-state index contributed by atoms with van der Waals surface area (Å²) in [7, 11) is -2.00. The molecule has 0 saturated carbocycles. The molecule has 1 saturated heterocycles. The van der Waals surface area contributed by atoms with Crippen molar-refractivity contribution in [1.82, 2.24) is 28.5 Å². The van der Waals surface area contributed by atoms with Crippen molar-refractivity contribution in [3.8, 4) is 0 Å². The first-order valence-corrected chi connectivity index (χ1v) is 11.9. The molecule has 170 valence electrons. The lowest BCUT2D eigenvalue weighted by atomic mass is 10.2. The van der Waals surface area contributed by atoms with Crippen LogP contribution in [0.2, 0.25) is 0 Å². The first-order chi connectivity index (χ1) is 15.2. The Bertz CT molecular complexity index is 1340. The van der Waals surface area contributed by atoms with Crippen molar-refractivity contribution in [2.45, 2.75) is 31.7 Å². The number of sulfonamides is 1. The summed E-state index contributed by atoms with van der Waals surface area (Å²) < 4.78 is 30.8. The van der Waals surface area contributed by atoms with Gasteiger partial charge in [0.15, 0.2) is 0 Å². The van der Waals surface area contributed by atoms with Crippen molar-refractivity contribution in [1.29, 1.82) is 0 Å². The quantitative estimate of drug-likeness (QED) is 0.568. The third-order valence-corrected chi connectivity index (χ3v) is 8.04. The van der Waals surface area contributed by atoms with Gasteiger partial charge in [-0.05, 0) is 32.4 Å². The molecule has 1 fully saturated rings. The van der Waals surface area contributed by atoms with E-state index in [1.807, 2.05) is 0 Å². The standard InChI is InChI=1S/C21H26N6O4S/c1-15-20(16(2)24(3)23-15)32(30,31)27-10-6-9-25(11-12-27)19(28)13-26-14-22-18-8-5-4-7-17(18)21(26)29/h4-5,7-8,14H,6,9-13H2,1-3H3. The van der Waals surface area contributed by atoms with Gasteiger partial charge in [-0.1, -0.05) is 12.1 Å². The van der Waals surface area contributed by atoms with E-state index in [-0.39, 0.29) is 36.0 Å². The highest BCUT2D eigenvalue weighted by Crippen LogP contribution is 2.24. The van der Waals surface area contributed by atoms with E-state index >= 15 is 0 Å². The maximum Gasteiger partial charge on any atom is 0.261 e. The molecule has 0 radical (unpaired) electrons. The average Bonchev–Trinajstić information content (AvgIpc) is 2.93. The molecule has 10 nitrogen and oxygen atoms in total. The number of para-hydroxylation sites is 1. The number of carbonyl (C=O) groups excluding carboxylic acids is 1. The minimum absolute atomic E-state index is 0.135. The largest absolute Gasteiger partial charge is 0.340 e. The van der Waals surface area contributed by atoms with Gasteiger partial charge in [0.05, 0.1) is 28.6 Å². The molecule has 1 amide bonds. The number of hydrogen-bond acceptors (Lipinski definition) is 6. The predicted octanol–water partition coefficient (Wildman–Crippen LogP) is 0.670. The number of fused-ring (bicyclic) bond motifs is 1. The van der Waals surface area contributed by atoms with Crippen LogP contribution in [0.5, 0.6) is 0 Å². The Balaban J connectivity index is 1.49. The predicted molar refractivity (Wildman–Crippen MR) is 119 cm³/mol. The van der Waals surface area contributed by atoms with E-state index in [1.54, 1.807) is 54.7 Å². The van der Waals surface area contributed by atoms with Gasteiger partial charge in [-0.25, -0.2) is 13.4 Å². The van der Waals surface area contributed by atoms with Crippen LogP contribution in [-0.2, 0) is 28.4 Å². The zero-order valence-electron chi connectivity index (χ0n) is 18.4. The van der Waals surface area contributed by atoms with Gasteiger partial charge in [0.1, 0.15) is 11.4 Å².